The molecule has 0 bridgehead atoms. The Morgan fingerprint density at radius 1 is 1.42 bits per heavy atom. The van der Waals surface area contributed by atoms with Crippen LogP contribution in [-0.2, 0) is 6.42 Å². The normalized spacial score (nSPS) is 29.6. The summed E-state index contributed by atoms with van der Waals surface area (Å²) in [5, 5.41) is 10.00. The molecule has 6 nitrogen and oxygen atoms in total. The number of aliphatic hydroxyl groups excluding tert-OH is 1. The van der Waals surface area contributed by atoms with E-state index in [2.05, 4.69) is 27.2 Å². The Morgan fingerprint density at radius 3 is 2.95 bits per heavy atom. The van der Waals surface area contributed by atoms with Gasteiger partial charge >= 0.3 is 0 Å². The fraction of sp³-hybridized carbons (Fsp3) is 0.692. The van der Waals surface area contributed by atoms with E-state index in [0.717, 1.165) is 43.7 Å². The topological polar surface area (TPSA) is 87.3 Å². The quantitative estimate of drug-likeness (QED) is 0.545. The fourth-order valence-electron chi connectivity index (χ4n) is 3.54. The van der Waals surface area contributed by atoms with Gasteiger partial charge in [0.25, 0.3) is 0 Å². The van der Waals surface area contributed by atoms with Crippen LogP contribution in [-0.4, -0.2) is 34.3 Å². The van der Waals surface area contributed by atoms with Crippen molar-refractivity contribution >= 4 is 11.6 Å². The van der Waals surface area contributed by atoms with Crippen molar-refractivity contribution in [3.63, 3.8) is 0 Å². The van der Waals surface area contributed by atoms with Gasteiger partial charge in [0.2, 0.25) is 0 Å². The van der Waals surface area contributed by atoms with Gasteiger partial charge in [0.1, 0.15) is 18.0 Å². The molecule has 1 saturated heterocycles. The molecule has 2 heterocycles. The molecule has 2 aliphatic rings. The maximum absolute atomic E-state index is 10.00. The first kappa shape index (κ1) is 12.6. The van der Waals surface area contributed by atoms with Crippen LogP contribution in [0.25, 0.3) is 0 Å². The molecule has 3 unspecified atom stereocenters. The summed E-state index contributed by atoms with van der Waals surface area (Å²) in [6, 6.07) is 0. The molecule has 1 aliphatic heterocycles. The van der Waals surface area contributed by atoms with E-state index in [1.807, 2.05) is 0 Å². The minimum atomic E-state index is -0.144. The minimum absolute atomic E-state index is 0.144. The van der Waals surface area contributed by atoms with E-state index in [9.17, 15) is 5.11 Å². The van der Waals surface area contributed by atoms with Gasteiger partial charge in [0.05, 0.1) is 6.10 Å². The van der Waals surface area contributed by atoms with Crippen LogP contribution < -0.4 is 16.2 Å². The van der Waals surface area contributed by atoms with Crippen LogP contribution in [0.2, 0.25) is 0 Å². The zero-order chi connectivity index (χ0) is 13.4. The van der Waals surface area contributed by atoms with E-state index in [-0.39, 0.29) is 6.10 Å². The van der Waals surface area contributed by atoms with Crippen LogP contribution in [0, 0.1) is 11.8 Å². The summed E-state index contributed by atoms with van der Waals surface area (Å²) >= 11 is 0. The van der Waals surface area contributed by atoms with Crippen LogP contribution in [0.15, 0.2) is 6.33 Å². The number of hydrazine groups is 1. The summed E-state index contributed by atoms with van der Waals surface area (Å²) in [4.78, 5) is 10.9. The predicted molar refractivity (Wildman–Crippen MR) is 73.7 cm³/mol. The molecule has 0 aromatic carbocycles. The van der Waals surface area contributed by atoms with Gasteiger partial charge in [0, 0.05) is 24.6 Å². The molecule has 1 aromatic heterocycles. The minimum Gasteiger partial charge on any atom is -0.393 e. The summed E-state index contributed by atoms with van der Waals surface area (Å²) in [5.74, 6) is 8.17. The molecule has 1 aromatic rings. The number of fused-ring (bicyclic) bond motifs is 1. The Kier molecular flexibility index (Phi) is 3.28. The fourth-order valence-corrected chi connectivity index (χ4v) is 3.54. The monoisotopic (exact) mass is 263 g/mol. The van der Waals surface area contributed by atoms with E-state index in [0.29, 0.717) is 17.7 Å². The van der Waals surface area contributed by atoms with Gasteiger partial charge in [0.15, 0.2) is 0 Å². The summed E-state index contributed by atoms with van der Waals surface area (Å²) in [7, 11) is 0. The van der Waals surface area contributed by atoms with Crippen LogP contribution in [0.5, 0.6) is 0 Å². The molecule has 1 saturated carbocycles. The Bertz CT molecular complexity index is 466. The third-order valence-electron chi connectivity index (χ3n) is 4.53. The van der Waals surface area contributed by atoms with E-state index in [1.54, 1.807) is 6.33 Å². The Morgan fingerprint density at radius 2 is 2.26 bits per heavy atom. The first-order chi connectivity index (χ1) is 9.24. The number of rotatable bonds is 3. The van der Waals surface area contributed by atoms with Crippen molar-refractivity contribution in [2.75, 3.05) is 23.4 Å². The van der Waals surface area contributed by atoms with Crippen molar-refractivity contribution < 1.29 is 5.11 Å². The molecule has 6 heteroatoms. The predicted octanol–water partition coefficient (Wildman–Crippen LogP) is 0.532. The number of hydrogen-bond donors (Lipinski definition) is 3. The lowest BCUT2D eigenvalue weighted by Gasteiger charge is -2.22. The Labute approximate surface area is 113 Å². The molecule has 104 valence electrons. The number of nitrogens with zero attached hydrogens (tertiary/aromatic N) is 3. The van der Waals surface area contributed by atoms with Crippen molar-refractivity contribution in [2.45, 2.75) is 32.3 Å². The molecule has 0 radical (unpaired) electrons. The zero-order valence-corrected chi connectivity index (χ0v) is 11.2. The number of nitrogen functional groups attached to an aromatic ring is 1. The lowest BCUT2D eigenvalue weighted by Crippen LogP contribution is -2.27. The molecule has 0 spiro atoms. The highest BCUT2D eigenvalue weighted by atomic mass is 16.3. The number of aromatic nitrogens is 2. The van der Waals surface area contributed by atoms with E-state index in [4.69, 9.17) is 5.84 Å². The molecule has 2 fully saturated rings. The van der Waals surface area contributed by atoms with Gasteiger partial charge in [-0.3, -0.25) is 0 Å². The van der Waals surface area contributed by atoms with Gasteiger partial charge in [-0.2, -0.15) is 0 Å². The first-order valence-corrected chi connectivity index (χ1v) is 6.98. The molecule has 3 atom stereocenters. The Hall–Kier alpha value is -1.40. The average molecular weight is 263 g/mol. The standard InChI is InChI=1S/C13H21N5O/c1-2-9-12(17-14)15-7-16-13(9)18-5-8-3-4-11(19)10(8)6-18/h7-8,10-11,19H,2-6,14H2,1H3,(H,15,16,17). The second kappa shape index (κ2) is 4.94. The third kappa shape index (κ3) is 2.04. The maximum atomic E-state index is 10.00. The van der Waals surface area contributed by atoms with Crippen LogP contribution in [0.4, 0.5) is 11.6 Å². The third-order valence-corrected chi connectivity index (χ3v) is 4.53. The van der Waals surface area contributed by atoms with E-state index in [1.165, 1.54) is 0 Å². The highest BCUT2D eigenvalue weighted by molar-refractivity contribution is 5.59. The molecular formula is C13H21N5O. The number of nitrogens with two attached hydrogens (primary N) is 1. The van der Waals surface area contributed by atoms with Crippen molar-refractivity contribution in [3.8, 4) is 0 Å². The van der Waals surface area contributed by atoms with Crippen LogP contribution in [0.1, 0.15) is 25.3 Å². The van der Waals surface area contributed by atoms with Crippen LogP contribution in [0.3, 0.4) is 0 Å². The molecule has 3 rings (SSSR count). The van der Waals surface area contributed by atoms with Crippen molar-refractivity contribution in [3.05, 3.63) is 11.9 Å². The van der Waals surface area contributed by atoms with Gasteiger partial charge in [-0.15, -0.1) is 0 Å². The highest BCUT2D eigenvalue weighted by Gasteiger charge is 2.42. The average Bonchev–Trinajstić information content (AvgIpc) is 3.00. The van der Waals surface area contributed by atoms with Gasteiger partial charge in [-0.25, -0.2) is 15.8 Å². The summed E-state index contributed by atoms with van der Waals surface area (Å²) in [6.07, 6.45) is 4.31. The second-order valence-electron chi connectivity index (χ2n) is 5.50. The second-order valence-corrected chi connectivity index (χ2v) is 5.50. The smallest absolute Gasteiger partial charge is 0.148 e. The molecular weight excluding hydrogens is 242 g/mol. The molecule has 0 amide bonds. The van der Waals surface area contributed by atoms with Crippen molar-refractivity contribution in [2.24, 2.45) is 17.7 Å². The summed E-state index contributed by atoms with van der Waals surface area (Å²) in [6.45, 7) is 3.95. The number of hydrogen-bond acceptors (Lipinski definition) is 6. The number of nitrogens with one attached hydrogen (secondary N) is 1. The summed E-state index contributed by atoms with van der Waals surface area (Å²) < 4.78 is 0. The number of aliphatic hydroxyl groups is 1. The maximum Gasteiger partial charge on any atom is 0.148 e. The molecule has 1 aliphatic carbocycles. The lowest BCUT2D eigenvalue weighted by molar-refractivity contribution is 0.133. The first-order valence-electron chi connectivity index (χ1n) is 6.98. The van der Waals surface area contributed by atoms with Crippen molar-refractivity contribution in [1.82, 2.24) is 9.97 Å². The van der Waals surface area contributed by atoms with Crippen molar-refractivity contribution in [1.29, 1.82) is 0 Å². The zero-order valence-electron chi connectivity index (χ0n) is 11.2. The lowest BCUT2D eigenvalue weighted by atomic mass is 10.00. The molecule has 4 N–H and O–H groups in total. The highest BCUT2D eigenvalue weighted by Crippen LogP contribution is 2.40. The SMILES string of the molecule is CCc1c(NN)ncnc1N1CC2CCC(O)C2C1. The van der Waals surface area contributed by atoms with Crippen LogP contribution >= 0.6 is 0 Å². The summed E-state index contributed by atoms with van der Waals surface area (Å²) in [5.41, 5.74) is 3.70. The van der Waals surface area contributed by atoms with Gasteiger partial charge in [-0.1, -0.05) is 6.92 Å². The Balaban J connectivity index is 1.88. The van der Waals surface area contributed by atoms with Gasteiger partial charge < -0.3 is 15.4 Å². The molecule has 19 heavy (non-hydrogen) atoms. The van der Waals surface area contributed by atoms with E-state index >= 15 is 0 Å². The van der Waals surface area contributed by atoms with E-state index < -0.39 is 0 Å². The van der Waals surface area contributed by atoms with Gasteiger partial charge in [-0.05, 0) is 25.2 Å². The number of anilines is 2. The largest absolute Gasteiger partial charge is 0.393 e.